The number of rotatable bonds is 2. The third kappa shape index (κ3) is 3.82. The molecule has 0 fully saturated rings. The molecule has 0 amide bonds. The van der Waals surface area contributed by atoms with E-state index in [1.807, 2.05) is 0 Å². The number of hydrogen-bond donors (Lipinski definition) is 0. The summed E-state index contributed by atoms with van der Waals surface area (Å²) in [5.74, 6) is 0. The molecular formula is C5H6F2O3. The quantitative estimate of drug-likeness (QED) is 0.444. The second-order valence-corrected chi connectivity index (χ2v) is 1.22. The predicted molar refractivity (Wildman–Crippen MR) is 28.7 cm³/mol. The zero-order valence-electron chi connectivity index (χ0n) is 5.27. The van der Waals surface area contributed by atoms with E-state index in [4.69, 9.17) is 0 Å². The maximum Gasteiger partial charge on any atom is 0.515 e. The number of ether oxygens (including phenoxy) is 2. The Labute approximate surface area is 56.2 Å². The first-order valence-corrected chi connectivity index (χ1v) is 2.38. The van der Waals surface area contributed by atoms with Crippen molar-refractivity contribution in [3.63, 3.8) is 0 Å². The van der Waals surface area contributed by atoms with Gasteiger partial charge in [-0.05, 0) is 0 Å². The van der Waals surface area contributed by atoms with Gasteiger partial charge in [0.25, 0.3) is 6.01 Å². The van der Waals surface area contributed by atoms with Crippen LogP contribution in [0.5, 0.6) is 0 Å². The van der Waals surface area contributed by atoms with Crippen molar-refractivity contribution in [2.45, 2.75) is 0 Å². The molecule has 3 nitrogen and oxygen atoms in total. The van der Waals surface area contributed by atoms with Crippen LogP contribution in [0.2, 0.25) is 0 Å². The van der Waals surface area contributed by atoms with Crippen LogP contribution >= 0.6 is 0 Å². The van der Waals surface area contributed by atoms with E-state index in [-0.39, 0.29) is 0 Å². The van der Waals surface area contributed by atoms with Crippen molar-refractivity contribution in [1.82, 2.24) is 0 Å². The van der Waals surface area contributed by atoms with Crippen molar-refractivity contribution >= 4 is 6.16 Å². The highest BCUT2D eigenvalue weighted by atomic mass is 19.1. The maximum atomic E-state index is 11.9. The first kappa shape index (κ1) is 8.87. The summed E-state index contributed by atoms with van der Waals surface area (Å²) >= 11 is 0. The molecule has 0 aromatic rings. The highest BCUT2D eigenvalue weighted by Gasteiger charge is 2.03. The van der Waals surface area contributed by atoms with Crippen LogP contribution in [-0.2, 0) is 9.47 Å². The molecular weight excluding hydrogens is 146 g/mol. The topological polar surface area (TPSA) is 35.5 Å². The fourth-order valence-electron chi connectivity index (χ4n) is 0.224. The minimum atomic E-state index is -1.30. The molecule has 0 aliphatic rings. The van der Waals surface area contributed by atoms with E-state index in [9.17, 15) is 13.6 Å². The van der Waals surface area contributed by atoms with Crippen LogP contribution in [0.15, 0.2) is 12.1 Å². The second kappa shape index (κ2) is 4.72. The van der Waals surface area contributed by atoms with Crippen LogP contribution in [0.4, 0.5) is 13.6 Å². The predicted octanol–water partition coefficient (Wildman–Crippen LogP) is 1.55. The van der Waals surface area contributed by atoms with Crippen LogP contribution in [0.1, 0.15) is 0 Å². The Morgan fingerprint density at radius 2 is 2.30 bits per heavy atom. The summed E-state index contributed by atoms with van der Waals surface area (Å²) in [5.41, 5.74) is 0. The third-order valence-corrected chi connectivity index (χ3v) is 0.585. The minimum absolute atomic E-state index is 0.469. The van der Waals surface area contributed by atoms with Gasteiger partial charge < -0.3 is 9.47 Å². The Morgan fingerprint density at radius 1 is 1.70 bits per heavy atom. The molecule has 0 atom stereocenters. The molecule has 5 heteroatoms. The van der Waals surface area contributed by atoms with Crippen molar-refractivity contribution in [2.75, 3.05) is 13.8 Å². The van der Waals surface area contributed by atoms with Crippen LogP contribution in [0.3, 0.4) is 0 Å². The second-order valence-electron chi connectivity index (χ2n) is 1.22. The van der Waals surface area contributed by atoms with E-state index in [1.165, 1.54) is 0 Å². The number of alkyl halides is 1. The lowest BCUT2D eigenvalue weighted by Crippen LogP contribution is -2.01. The van der Waals surface area contributed by atoms with Crippen molar-refractivity contribution < 1.29 is 23.0 Å². The van der Waals surface area contributed by atoms with Gasteiger partial charge in [0.15, 0.2) is 0 Å². The lowest BCUT2D eigenvalue weighted by molar-refractivity contribution is 0.0787. The average Bonchev–Trinajstić information content (AvgIpc) is 1.88. The van der Waals surface area contributed by atoms with Gasteiger partial charge in [0.1, 0.15) is 6.67 Å². The molecule has 0 aromatic heterocycles. The maximum absolute atomic E-state index is 11.9. The average molecular weight is 152 g/mol. The molecule has 0 aliphatic carbocycles. The summed E-state index contributed by atoms with van der Waals surface area (Å²) in [7, 11) is 1.02. The van der Waals surface area contributed by atoms with Crippen molar-refractivity contribution in [3.05, 3.63) is 12.1 Å². The van der Waals surface area contributed by atoms with Gasteiger partial charge in [-0.3, -0.25) is 0 Å². The number of carbonyl (C=O) groups excluding carboxylic acids is 1. The molecule has 0 aromatic carbocycles. The van der Waals surface area contributed by atoms with Gasteiger partial charge in [-0.2, -0.15) is 4.39 Å². The Kier molecular flexibility index (Phi) is 4.19. The third-order valence-electron chi connectivity index (χ3n) is 0.585. The van der Waals surface area contributed by atoms with Gasteiger partial charge in [0, 0.05) is 6.08 Å². The van der Waals surface area contributed by atoms with Crippen LogP contribution in [-0.4, -0.2) is 19.9 Å². The Balaban J connectivity index is 3.67. The molecule has 0 heterocycles. The summed E-state index contributed by atoms with van der Waals surface area (Å²) in [5, 5.41) is 0. The fraction of sp³-hybridized carbons (Fsp3) is 0.400. The van der Waals surface area contributed by atoms with Crippen molar-refractivity contribution in [3.8, 4) is 0 Å². The van der Waals surface area contributed by atoms with E-state index in [0.717, 1.165) is 7.11 Å². The lowest BCUT2D eigenvalue weighted by atomic mass is 10.7. The standard InChI is InChI=1S/C5H6F2O3/c1-9-5(8)10-4(7)2-3-6/h2H,3H2,1H3. The number of hydrogen-bond acceptors (Lipinski definition) is 3. The van der Waals surface area contributed by atoms with Crippen LogP contribution < -0.4 is 0 Å². The monoisotopic (exact) mass is 152 g/mol. The zero-order chi connectivity index (χ0) is 7.98. The molecule has 58 valence electrons. The molecule has 0 unspecified atom stereocenters. The first-order chi connectivity index (χ1) is 4.70. The van der Waals surface area contributed by atoms with Gasteiger partial charge in [0.05, 0.1) is 7.11 Å². The zero-order valence-corrected chi connectivity index (χ0v) is 5.27. The summed E-state index contributed by atoms with van der Waals surface area (Å²) in [6.07, 6.45) is -0.737. The molecule has 0 N–H and O–H groups in total. The number of allylic oxidation sites excluding steroid dienone is 1. The van der Waals surface area contributed by atoms with Gasteiger partial charge in [-0.1, -0.05) is 0 Å². The largest absolute Gasteiger partial charge is 0.515 e. The van der Waals surface area contributed by atoms with E-state index in [1.54, 1.807) is 0 Å². The van der Waals surface area contributed by atoms with E-state index in [2.05, 4.69) is 9.47 Å². The minimum Gasteiger partial charge on any atom is -0.437 e. The number of carbonyl (C=O) groups is 1. The molecule has 0 saturated heterocycles. The number of methoxy groups -OCH3 is 1. The summed E-state index contributed by atoms with van der Waals surface area (Å²) < 4.78 is 30.8. The number of halogens is 2. The fourth-order valence-corrected chi connectivity index (χ4v) is 0.224. The molecule has 0 saturated carbocycles. The van der Waals surface area contributed by atoms with Crippen molar-refractivity contribution in [2.24, 2.45) is 0 Å². The summed E-state index contributed by atoms with van der Waals surface area (Å²) in [6.45, 7) is -1.02. The van der Waals surface area contributed by atoms with Gasteiger partial charge in [-0.25, -0.2) is 9.18 Å². The van der Waals surface area contributed by atoms with Crippen molar-refractivity contribution in [1.29, 1.82) is 0 Å². The summed E-state index contributed by atoms with van der Waals surface area (Å²) in [6, 6.07) is -1.30. The summed E-state index contributed by atoms with van der Waals surface area (Å²) in [4.78, 5) is 10.0. The molecule has 10 heavy (non-hydrogen) atoms. The Morgan fingerprint density at radius 3 is 2.70 bits per heavy atom. The van der Waals surface area contributed by atoms with Gasteiger partial charge in [0.2, 0.25) is 0 Å². The lowest BCUT2D eigenvalue weighted by Gasteiger charge is -1.96. The smallest absolute Gasteiger partial charge is 0.437 e. The Hall–Kier alpha value is -1.13. The highest BCUT2D eigenvalue weighted by molar-refractivity contribution is 5.60. The Bertz CT molecular complexity index is 144. The van der Waals surface area contributed by atoms with E-state index >= 15 is 0 Å². The normalized spacial score (nSPS) is 10.9. The first-order valence-electron chi connectivity index (χ1n) is 2.38. The van der Waals surface area contributed by atoms with Gasteiger partial charge in [-0.15, -0.1) is 0 Å². The molecule has 0 rings (SSSR count). The van der Waals surface area contributed by atoms with Crippen LogP contribution in [0.25, 0.3) is 0 Å². The van der Waals surface area contributed by atoms with Gasteiger partial charge >= 0.3 is 6.16 Å². The molecule has 0 radical (unpaired) electrons. The SMILES string of the molecule is COC(=O)OC(F)=CCF. The molecule has 0 spiro atoms. The van der Waals surface area contributed by atoms with Crippen LogP contribution in [0, 0.1) is 0 Å². The molecule has 0 aliphatic heterocycles. The van der Waals surface area contributed by atoms with E-state index < -0.39 is 18.8 Å². The van der Waals surface area contributed by atoms with E-state index in [0.29, 0.717) is 6.08 Å². The molecule has 0 bridgehead atoms. The highest BCUT2D eigenvalue weighted by Crippen LogP contribution is 1.99.